The number of rotatable bonds is 6. The number of ether oxygens (including phenoxy) is 4. The molecule has 1 aromatic rings. The van der Waals surface area contributed by atoms with E-state index in [1.807, 2.05) is 6.07 Å². The SMILES string of the molecule is CCN1C[C@]2(OC(=O)c3ccccc3N)CC[C@H](OC)[C@]34[C@@H]1[C@H](C[C@H]23)[C@@]1(O)C[C@H](OC)[C@H]2C[C@@H]4[C@]1(O)[C@H]2OC. The van der Waals surface area contributed by atoms with Gasteiger partial charge in [-0.15, -0.1) is 0 Å². The smallest absolute Gasteiger partial charge is 0.340 e. The molecule has 39 heavy (non-hydrogen) atoms. The van der Waals surface area contributed by atoms with Gasteiger partial charge >= 0.3 is 5.97 Å². The van der Waals surface area contributed by atoms with Crippen LogP contribution in [0.1, 0.15) is 49.4 Å². The molecular weight excluding hydrogens is 500 g/mol. The third-order valence-electron chi connectivity index (χ3n) is 12.4. The number of hydrogen-bond acceptors (Lipinski definition) is 9. The van der Waals surface area contributed by atoms with E-state index in [9.17, 15) is 15.0 Å². The standard InChI is InChI=1S/C30H42N2O7/c1-5-32-15-27(39-26(33)16-8-6-7-9-19(16)31)11-10-23(37-3)29-21(27)13-18(24(29)32)28(34)14-20(36-2)17-12-22(29)30(28,35)25(17)38-4/h6-9,17-18,20-25,34-35H,5,10-15,31H2,1-4H3/t17-,18+,20+,21-,22+,23+,24+,25+,27-,28+,29+,30+/m1/s1. The first kappa shape index (κ1) is 26.2. The highest BCUT2D eigenvalue weighted by atomic mass is 16.6. The third-order valence-corrected chi connectivity index (χ3v) is 12.4. The number of carbonyl (C=O) groups is 1. The number of hydrogen-bond donors (Lipinski definition) is 3. The van der Waals surface area contributed by atoms with Gasteiger partial charge in [0.25, 0.3) is 0 Å². The molecule has 6 aliphatic rings. The molecular formula is C30H42N2O7. The van der Waals surface area contributed by atoms with E-state index in [0.717, 1.165) is 6.54 Å². The van der Waals surface area contributed by atoms with Crippen molar-refractivity contribution in [2.75, 3.05) is 40.2 Å². The van der Waals surface area contributed by atoms with E-state index >= 15 is 0 Å². The Labute approximate surface area is 229 Å². The van der Waals surface area contributed by atoms with E-state index < -0.39 is 34.3 Å². The lowest BCUT2D eigenvalue weighted by Crippen LogP contribution is -2.83. The molecule has 0 radical (unpaired) electrons. The van der Waals surface area contributed by atoms with Crippen LogP contribution in [-0.2, 0) is 18.9 Å². The van der Waals surface area contributed by atoms with Gasteiger partial charge in [-0.2, -0.15) is 0 Å². The number of esters is 1. The van der Waals surface area contributed by atoms with Crippen molar-refractivity contribution in [2.24, 2.45) is 29.1 Å². The number of aliphatic hydroxyl groups is 2. The summed E-state index contributed by atoms with van der Waals surface area (Å²) >= 11 is 0. The Bertz CT molecular complexity index is 1180. The molecule has 5 saturated carbocycles. The summed E-state index contributed by atoms with van der Waals surface area (Å²) in [6.45, 7) is 3.47. The maximum absolute atomic E-state index is 13.7. The van der Waals surface area contributed by atoms with Crippen molar-refractivity contribution in [2.45, 2.75) is 80.2 Å². The summed E-state index contributed by atoms with van der Waals surface area (Å²) in [5.41, 5.74) is 2.84. The van der Waals surface area contributed by atoms with Crippen molar-refractivity contribution < 1.29 is 34.0 Å². The van der Waals surface area contributed by atoms with Crippen LogP contribution in [0.5, 0.6) is 0 Å². The number of nitrogens with two attached hydrogens (primary N) is 1. The summed E-state index contributed by atoms with van der Waals surface area (Å²) in [5.74, 6) is -1.06. The number of para-hydroxylation sites is 1. The van der Waals surface area contributed by atoms with E-state index in [-0.39, 0.29) is 41.9 Å². The molecule has 0 aromatic heterocycles. The predicted octanol–water partition coefficient (Wildman–Crippen LogP) is 1.85. The monoisotopic (exact) mass is 542 g/mol. The van der Waals surface area contributed by atoms with Crippen LogP contribution in [0.2, 0.25) is 0 Å². The van der Waals surface area contributed by atoms with Gasteiger partial charge in [0.05, 0.1) is 23.9 Å². The second-order valence-electron chi connectivity index (χ2n) is 13.0. The van der Waals surface area contributed by atoms with Crippen molar-refractivity contribution in [3.05, 3.63) is 29.8 Å². The Morgan fingerprint density at radius 3 is 2.54 bits per heavy atom. The van der Waals surface area contributed by atoms with Crippen LogP contribution in [0, 0.1) is 29.1 Å². The van der Waals surface area contributed by atoms with Gasteiger partial charge in [0, 0.05) is 75.1 Å². The normalized spacial score (nSPS) is 51.1. The average molecular weight is 543 g/mol. The molecule has 1 heterocycles. The zero-order chi connectivity index (χ0) is 27.5. The van der Waals surface area contributed by atoms with Gasteiger partial charge in [-0.05, 0) is 44.4 Å². The van der Waals surface area contributed by atoms with Gasteiger partial charge in [0.1, 0.15) is 16.8 Å². The summed E-state index contributed by atoms with van der Waals surface area (Å²) in [5, 5.41) is 25.6. The number of methoxy groups -OCH3 is 3. The van der Waals surface area contributed by atoms with Crippen molar-refractivity contribution in [1.82, 2.24) is 4.90 Å². The fourth-order valence-corrected chi connectivity index (χ4v) is 11.3. The maximum Gasteiger partial charge on any atom is 0.340 e. The van der Waals surface area contributed by atoms with Crippen LogP contribution >= 0.6 is 0 Å². The van der Waals surface area contributed by atoms with Gasteiger partial charge in [-0.3, -0.25) is 4.90 Å². The lowest BCUT2D eigenvalue weighted by atomic mass is 9.44. The largest absolute Gasteiger partial charge is 0.454 e. The van der Waals surface area contributed by atoms with Crippen molar-refractivity contribution in [3.8, 4) is 0 Å². The van der Waals surface area contributed by atoms with E-state index in [2.05, 4.69) is 11.8 Å². The van der Waals surface area contributed by atoms with Crippen molar-refractivity contribution in [3.63, 3.8) is 0 Å². The molecule has 1 aliphatic heterocycles. The molecule has 9 heteroatoms. The van der Waals surface area contributed by atoms with Gasteiger partial charge < -0.3 is 34.9 Å². The molecule has 0 unspecified atom stereocenters. The topological polar surface area (TPSA) is 124 Å². The average Bonchev–Trinajstić information content (AvgIpc) is 3.35. The van der Waals surface area contributed by atoms with Crippen LogP contribution < -0.4 is 5.73 Å². The Hall–Kier alpha value is -1.75. The molecule has 1 spiro atoms. The number of carbonyl (C=O) groups excluding carboxylic acids is 1. The molecule has 5 aliphatic carbocycles. The number of piperidine rings is 1. The number of fused-ring (bicyclic) bond motifs is 2. The van der Waals surface area contributed by atoms with Crippen molar-refractivity contribution in [1.29, 1.82) is 0 Å². The van der Waals surface area contributed by atoms with Crippen LogP contribution in [0.15, 0.2) is 24.3 Å². The van der Waals surface area contributed by atoms with Crippen LogP contribution in [0.3, 0.4) is 0 Å². The van der Waals surface area contributed by atoms with E-state index in [0.29, 0.717) is 49.9 Å². The molecule has 0 amide bonds. The van der Waals surface area contributed by atoms with Crippen LogP contribution in [0.25, 0.3) is 0 Å². The number of nitrogen functional groups attached to an aromatic ring is 1. The molecule has 214 valence electrons. The molecule has 7 rings (SSSR count). The molecule has 1 aromatic carbocycles. The van der Waals surface area contributed by atoms with Gasteiger partial charge in [0.2, 0.25) is 0 Å². The zero-order valence-corrected chi connectivity index (χ0v) is 23.3. The highest BCUT2D eigenvalue weighted by Crippen LogP contribution is 2.79. The summed E-state index contributed by atoms with van der Waals surface area (Å²) < 4.78 is 24.9. The highest BCUT2D eigenvalue weighted by molar-refractivity contribution is 5.95. The molecule has 6 fully saturated rings. The lowest BCUT2D eigenvalue weighted by molar-refractivity contribution is -0.337. The summed E-state index contributed by atoms with van der Waals surface area (Å²) in [4.78, 5) is 16.1. The number of anilines is 1. The summed E-state index contributed by atoms with van der Waals surface area (Å²) in [6.07, 6.45) is 2.17. The quantitative estimate of drug-likeness (QED) is 0.365. The summed E-state index contributed by atoms with van der Waals surface area (Å²) in [6, 6.07) is 7.04. The number of likely N-dealkylation sites (tertiary alicyclic amines) is 1. The fourth-order valence-electron chi connectivity index (χ4n) is 11.3. The molecule has 12 atom stereocenters. The highest BCUT2D eigenvalue weighted by Gasteiger charge is 2.89. The second kappa shape index (κ2) is 8.39. The Morgan fingerprint density at radius 2 is 1.87 bits per heavy atom. The third kappa shape index (κ3) is 2.80. The van der Waals surface area contributed by atoms with Crippen LogP contribution in [0.4, 0.5) is 5.69 Å². The molecule has 4 N–H and O–H groups in total. The minimum Gasteiger partial charge on any atom is -0.454 e. The minimum atomic E-state index is -1.44. The van der Waals surface area contributed by atoms with Gasteiger partial charge in [-0.25, -0.2) is 4.79 Å². The van der Waals surface area contributed by atoms with Gasteiger partial charge in [0.15, 0.2) is 0 Å². The number of likely N-dealkylation sites (N-methyl/N-ethyl adjacent to an activating group) is 1. The Balaban J connectivity index is 1.42. The molecule has 1 saturated heterocycles. The minimum absolute atomic E-state index is 0.00601. The number of benzene rings is 1. The zero-order valence-electron chi connectivity index (χ0n) is 23.3. The van der Waals surface area contributed by atoms with E-state index in [1.165, 1.54) is 0 Å². The molecule has 9 nitrogen and oxygen atoms in total. The second-order valence-corrected chi connectivity index (χ2v) is 13.0. The molecule has 7 bridgehead atoms. The Kier molecular flexibility index (Phi) is 5.63. The van der Waals surface area contributed by atoms with E-state index in [1.54, 1.807) is 39.5 Å². The lowest BCUT2D eigenvalue weighted by Gasteiger charge is -2.70. The van der Waals surface area contributed by atoms with Crippen LogP contribution in [-0.4, -0.2) is 96.7 Å². The Morgan fingerprint density at radius 1 is 1.10 bits per heavy atom. The first-order valence-corrected chi connectivity index (χ1v) is 14.5. The van der Waals surface area contributed by atoms with Crippen molar-refractivity contribution >= 4 is 11.7 Å². The first-order chi connectivity index (χ1) is 18.7. The maximum atomic E-state index is 13.7. The summed E-state index contributed by atoms with van der Waals surface area (Å²) in [7, 11) is 5.09. The van der Waals surface area contributed by atoms with E-state index in [4.69, 9.17) is 24.7 Å². The van der Waals surface area contributed by atoms with Gasteiger partial charge in [-0.1, -0.05) is 19.1 Å². The first-order valence-electron chi connectivity index (χ1n) is 14.5. The predicted molar refractivity (Wildman–Crippen MR) is 142 cm³/mol. The fraction of sp³-hybridized carbons (Fsp3) is 0.767. The number of nitrogens with zero attached hydrogens (tertiary/aromatic N) is 1.